The van der Waals surface area contributed by atoms with Crippen molar-refractivity contribution in [2.45, 2.75) is 33.6 Å². The lowest BCUT2D eigenvalue weighted by atomic mass is 9.94. The number of benzene rings is 3. The number of phenols is 3. The van der Waals surface area contributed by atoms with Gasteiger partial charge in [-0.05, 0) is 111 Å². The minimum atomic E-state index is 0.220. The Hall–Kier alpha value is -1.48. The van der Waals surface area contributed by atoms with Crippen molar-refractivity contribution < 1.29 is 15.3 Å². The van der Waals surface area contributed by atoms with Crippen LogP contribution in [0.2, 0.25) is 0 Å². The highest BCUT2D eigenvalue weighted by atomic mass is 127. The first kappa shape index (κ1) is 21.2. The molecular weight excluding hydrogens is 578 g/mol. The van der Waals surface area contributed by atoms with Gasteiger partial charge in [0.15, 0.2) is 0 Å². The summed E-state index contributed by atoms with van der Waals surface area (Å²) in [5.41, 5.74) is 6.31. The molecule has 0 aliphatic carbocycles. The zero-order chi connectivity index (χ0) is 20.6. The Morgan fingerprint density at radius 1 is 0.536 bits per heavy atom. The molecule has 0 aliphatic heterocycles. The molecule has 0 amide bonds. The van der Waals surface area contributed by atoms with Crippen molar-refractivity contribution in [1.29, 1.82) is 0 Å². The third-order valence-corrected chi connectivity index (χ3v) is 6.39. The van der Waals surface area contributed by atoms with Gasteiger partial charge in [0.05, 0.1) is 7.14 Å². The molecule has 0 radical (unpaired) electrons. The van der Waals surface area contributed by atoms with Gasteiger partial charge in [0.1, 0.15) is 17.2 Å². The molecule has 0 saturated carbocycles. The molecule has 0 fully saturated rings. The van der Waals surface area contributed by atoms with Crippen molar-refractivity contribution in [3.8, 4) is 17.2 Å². The fourth-order valence-corrected chi connectivity index (χ4v) is 5.17. The van der Waals surface area contributed by atoms with Gasteiger partial charge in [0.25, 0.3) is 0 Å². The molecule has 3 N–H and O–H groups in total. The second-order valence-electron chi connectivity index (χ2n) is 7.29. The van der Waals surface area contributed by atoms with Crippen LogP contribution in [-0.4, -0.2) is 15.3 Å². The number of halogens is 2. The van der Waals surface area contributed by atoms with Gasteiger partial charge in [-0.3, -0.25) is 0 Å². The Morgan fingerprint density at radius 2 is 0.821 bits per heavy atom. The molecule has 0 bridgehead atoms. The van der Waals surface area contributed by atoms with Crippen LogP contribution in [-0.2, 0) is 12.8 Å². The lowest BCUT2D eigenvalue weighted by Crippen LogP contribution is -1.98. The molecular formula is C23H22I2O3. The van der Waals surface area contributed by atoms with E-state index in [4.69, 9.17) is 0 Å². The average molecular weight is 600 g/mol. The molecule has 146 valence electrons. The summed E-state index contributed by atoms with van der Waals surface area (Å²) in [6.45, 7) is 5.98. The Bertz CT molecular complexity index is 978. The molecule has 0 heterocycles. The largest absolute Gasteiger partial charge is 0.507 e. The van der Waals surface area contributed by atoms with Crippen LogP contribution in [0.3, 0.4) is 0 Å². The van der Waals surface area contributed by atoms with E-state index in [-0.39, 0.29) is 17.2 Å². The van der Waals surface area contributed by atoms with Crippen molar-refractivity contribution in [3.63, 3.8) is 0 Å². The molecule has 0 saturated heterocycles. The van der Waals surface area contributed by atoms with E-state index in [1.54, 1.807) is 0 Å². The topological polar surface area (TPSA) is 60.7 Å². The fourth-order valence-electron chi connectivity index (χ4n) is 3.50. The van der Waals surface area contributed by atoms with Crippen molar-refractivity contribution >= 4 is 45.2 Å². The maximum atomic E-state index is 10.9. The predicted octanol–water partition coefficient (Wildman–Crippen LogP) is 6.12. The first-order chi connectivity index (χ1) is 13.2. The molecule has 0 atom stereocenters. The van der Waals surface area contributed by atoms with Crippen molar-refractivity contribution in [1.82, 2.24) is 0 Å². The summed E-state index contributed by atoms with van der Waals surface area (Å²) in [7, 11) is 0. The number of aryl methyl sites for hydroxylation is 3. The third kappa shape index (κ3) is 4.56. The predicted molar refractivity (Wildman–Crippen MR) is 130 cm³/mol. The van der Waals surface area contributed by atoms with E-state index < -0.39 is 0 Å². The molecule has 0 aliphatic rings. The van der Waals surface area contributed by atoms with Crippen LogP contribution < -0.4 is 0 Å². The van der Waals surface area contributed by atoms with E-state index in [0.29, 0.717) is 12.8 Å². The zero-order valence-electron chi connectivity index (χ0n) is 16.0. The van der Waals surface area contributed by atoms with Crippen LogP contribution in [0.4, 0.5) is 0 Å². The Morgan fingerprint density at radius 3 is 1.18 bits per heavy atom. The number of rotatable bonds is 4. The van der Waals surface area contributed by atoms with Gasteiger partial charge in [0.2, 0.25) is 0 Å². The minimum absolute atomic E-state index is 0.220. The molecule has 0 aromatic heterocycles. The van der Waals surface area contributed by atoms with Crippen molar-refractivity contribution in [2.75, 3.05) is 0 Å². The third-order valence-electron chi connectivity index (χ3n) is 4.75. The van der Waals surface area contributed by atoms with Crippen LogP contribution in [0.15, 0.2) is 36.4 Å². The monoisotopic (exact) mass is 600 g/mol. The van der Waals surface area contributed by atoms with Crippen molar-refractivity contribution in [2.24, 2.45) is 0 Å². The van der Waals surface area contributed by atoms with E-state index in [0.717, 1.165) is 46.1 Å². The summed E-state index contributed by atoms with van der Waals surface area (Å²) in [6, 6.07) is 11.7. The minimum Gasteiger partial charge on any atom is -0.507 e. The van der Waals surface area contributed by atoms with E-state index in [1.165, 1.54) is 0 Å². The number of aromatic hydroxyl groups is 3. The molecule has 28 heavy (non-hydrogen) atoms. The lowest BCUT2D eigenvalue weighted by molar-refractivity contribution is 0.455. The number of phenolic OH excluding ortho intramolecular Hbond substituents is 3. The highest BCUT2D eigenvalue weighted by Gasteiger charge is 2.16. The van der Waals surface area contributed by atoms with Crippen LogP contribution in [0.25, 0.3) is 0 Å². The maximum absolute atomic E-state index is 10.9. The van der Waals surface area contributed by atoms with Gasteiger partial charge in [0, 0.05) is 12.8 Å². The van der Waals surface area contributed by atoms with Gasteiger partial charge in [-0.2, -0.15) is 0 Å². The zero-order valence-corrected chi connectivity index (χ0v) is 20.3. The first-order valence-corrected chi connectivity index (χ1v) is 11.1. The summed E-state index contributed by atoms with van der Waals surface area (Å²) < 4.78 is 1.61. The highest BCUT2D eigenvalue weighted by molar-refractivity contribution is 14.1. The van der Waals surface area contributed by atoms with Gasteiger partial charge in [-0.1, -0.05) is 29.8 Å². The Balaban J connectivity index is 2.02. The summed E-state index contributed by atoms with van der Waals surface area (Å²) in [5, 5.41) is 31.8. The molecule has 3 rings (SSSR count). The molecule has 3 nitrogen and oxygen atoms in total. The van der Waals surface area contributed by atoms with Gasteiger partial charge in [-0.15, -0.1) is 0 Å². The second kappa shape index (κ2) is 8.49. The molecule has 0 spiro atoms. The molecule has 0 unspecified atom stereocenters. The molecule has 3 aromatic rings. The normalized spacial score (nSPS) is 11.0. The van der Waals surface area contributed by atoms with E-state index in [2.05, 4.69) is 45.2 Å². The summed E-state index contributed by atoms with van der Waals surface area (Å²) in [5.74, 6) is 0.747. The SMILES string of the molecule is Cc1cc(I)c(O)c(Cc2cc(C)cc(Cc3cc(C)cc(I)c3O)c2O)c1. The first-order valence-electron chi connectivity index (χ1n) is 8.93. The second-order valence-corrected chi connectivity index (χ2v) is 9.62. The Labute approximate surface area is 192 Å². The smallest absolute Gasteiger partial charge is 0.132 e. The lowest BCUT2D eigenvalue weighted by Gasteiger charge is -2.15. The maximum Gasteiger partial charge on any atom is 0.132 e. The van der Waals surface area contributed by atoms with Gasteiger partial charge < -0.3 is 15.3 Å². The summed E-state index contributed by atoms with van der Waals surface area (Å²) >= 11 is 4.25. The average Bonchev–Trinajstić information content (AvgIpc) is 2.60. The van der Waals surface area contributed by atoms with Gasteiger partial charge in [-0.25, -0.2) is 0 Å². The Kier molecular flexibility index (Phi) is 6.44. The highest BCUT2D eigenvalue weighted by Crippen LogP contribution is 2.35. The van der Waals surface area contributed by atoms with Crippen LogP contribution in [0, 0.1) is 27.9 Å². The van der Waals surface area contributed by atoms with Crippen molar-refractivity contribution in [3.05, 3.63) is 82.5 Å². The van der Waals surface area contributed by atoms with Crippen LogP contribution in [0.1, 0.15) is 38.9 Å². The standard InChI is InChI=1S/C23H22I2O3/c1-12-4-15(10-17-6-13(2)8-19(24)22(17)27)21(26)16(5-12)11-18-7-14(3)9-20(25)23(18)28/h4-9,26-28H,10-11H2,1-3H3. The summed E-state index contributed by atoms with van der Waals surface area (Å²) in [4.78, 5) is 0. The number of hydrogen-bond acceptors (Lipinski definition) is 3. The van der Waals surface area contributed by atoms with Crippen LogP contribution >= 0.6 is 45.2 Å². The van der Waals surface area contributed by atoms with E-state index in [9.17, 15) is 15.3 Å². The number of hydrogen-bond donors (Lipinski definition) is 3. The summed E-state index contributed by atoms with van der Waals surface area (Å²) in [6.07, 6.45) is 0.892. The quantitative estimate of drug-likeness (QED) is 0.317. The van der Waals surface area contributed by atoms with E-state index >= 15 is 0 Å². The molecule has 5 heteroatoms. The van der Waals surface area contributed by atoms with Crippen LogP contribution in [0.5, 0.6) is 17.2 Å². The molecule has 3 aromatic carbocycles. The fraction of sp³-hybridized carbons (Fsp3) is 0.217. The van der Waals surface area contributed by atoms with E-state index in [1.807, 2.05) is 57.2 Å². The van der Waals surface area contributed by atoms with Gasteiger partial charge >= 0.3 is 0 Å².